The molecule has 0 aromatic heterocycles. The number of rotatable bonds is 12. The highest BCUT2D eigenvalue weighted by atomic mass is 16.8. The van der Waals surface area contributed by atoms with Crippen molar-refractivity contribution in [3.8, 4) is 0 Å². The summed E-state index contributed by atoms with van der Waals surface area (Å²) in [6.45, 7) is 19.9. The van der Waals surface area contributed by atoms with Crippen LogP contribution in [0.1, 0.15) is 133 Å². The highest BCUT2D eigenvalue weighted by molar-refractivity contribution is 5.84. The van der Waals surface area contributed by atoms with E-state index >= 15 is 0 Å². The zero-order valence-electron chi connectivity index (χ0n) is 34.9. The lowest BCUT2D eigenvalue weighted by molar-refractivity contribution is -0.409. The Kier molecular flexibility index (Phi) is 13.6. The Bertz CT molecular complexity index is 1340. The molecule has 54 heavy (non-hydrogen) atoms. The first-order valence-electron chi connectivity index (χ1n) is 21.1. The third-order valence-electron chi connectivity index (χ3n) is 14.6. The molecule has 5 heterocycles. The molecule has 4 saturated heterocycles. The van der Waals surface area contributed by atoms with Gasteiger partial charge in [0, 0.05) is 30.1 Å². The van der Waals surface area contributed by atoms with Crippen LogP contribution in [-0.2, 0) is 38.0 Å². The van der Waals surface area contributed by atoms with Gasteiger partial charge in [0.05, 0.1) is 60.9 Å². The van der Waals surface area contributed by atoms with Gasteiger partial charge in [-0.15, -0.1) is 0 Å². The van der Waals surface area contributed by atoms with Gasteiger partial charge in [-0.3, -0.25) is 9.59 Å². The van der Waals surface area contributed by atoms with E-state index in [0.29, 0.717) is 44.9 Å². The van der Waals surface area contributed by atoms with Crippen molar-refractivity contribution < 1.29 is 53.3 Å². The van der Waals surface area contributed by atoms with Crippen molar-refractivity contribution in [2.45, 2.75) is 199 Å². The maximum absolute atomic E-state index is 14.5. The second-order valence-corrected chi connectivity index (χ2v) is 18.1. The van der Waals surface area contributed by atoms with E-state index in [4.69, 9.17) is 28.4 Å². The summed E-state index contributed by atoms with van der Waals surface area (Å²) in [4.78, 5) is 27.0. The van der Waals surface area contributed by atoms with Gasteiger partial charge in [0.1, 0.15) is 11.9 Å². The summed E-state index contributed by atoms with van der Waals surface area (Å²) in [5.41, 5.74) is -1.62. The number of methoxy groups -OCH3 is 1. The van der Waals surface area contributed by atoms with Gasteiger partial charge in [-0.2, -0.15) is 0 Å². The maximum Gasteiger partial charge on any atom is 0.311 e. The molecule has 5 rings (SSSR count). The van der Waals surface area contributed by atoms with Crippen LogP contribution < -0.4 is 0 Å². The predicted molar refractivity (Wildman–Crippen MR) is 203 cm³/mol. The third kappa shape index (κ3) is 8.00. The van der Waals surface area contributed by atoms with Crippen LogP contribution in [0.2, 0.25) is 0 Å². The highest BCUT2D eigenvalue weighted by Crippen LogP contribution is 2.54. The number of Topliss-reactive ketones (excluding diaryl/α,β-unsaturated/α-hetero) is 1. The van der Waals surface area contributed by atoms with Crippen molar-refractivity contribution in [2.75, 3.05) is 7.11 Å². The fourth-order valence-electron chi connectivity index (χ4n) is 10.6. The standard InChI is InChI=1S/C43H72O11/c1-12-30(39(47)49-11)32-16-15-24(4)37(51-32)28(8)35(45)27(7)36(46)31(13-2)38-25(5)23-26(6)42(52-38)20-17-33(44)43(54-42)22-21-40(10,53-43)34-18-19-41(48,14-3)29(9)50-34/h17,20,24-35,37-38,44-45,48H,12-16,18-19,21-23H2,1-11H3/t24-,25-,26+,27-,28-,29-,30+,31-,32+,33?,34+,35+,37+,38-,40-,41+,42-,43?/m0/s1. The van der Waals surface area contributed by atoms with Gasteiger partial charge in [-0.1, -0.05) is 55.4 Å². The van der Waals surface area contributed by atoms with Crippen molar-refractivity contribution in [1.82, 2.24) is 0 Å². The van der Waals surface area contributed by atoms with E-state index in [2.05, 4.69) is 20.8 Å². The van der Waals surface area contributed by atoms with Crippen LogP contribution in [0.3, 0.4) is 0 Å². The molecule has 0 aliphatic carbocycles. The molecule has 2 spiro atoms. The first-order chi connectivity index (χ1) is 25.3. The average molecular weight is 765 g/mol. The van der Waals surface area contributed by atoms with Crippen LogP contribution in [0.4, 0.5) is 0 Å². The maximum atomic E-state index is 14.5. The molecule has 0 bridgehead atoms. The van der Waals surface area contributed by atoms with Crippen molar-refractivity contribution in [1.29, 1.82) is 0 Å². The van der Waals surface area contributed by atoms with Gasteiger partial charge in [0.2, 0.25) is 5.79 Å². The monoisotopic (exact) mass is 765 g/mol. The van der Waals surface area contributed by atoms with Gasteiger partial charge in [0.15, 0.2) is 5.79 Å². The highest BCUT2D eigenvalue weighted by Gasteiger charge is 2.63. The lowest BCUT2D eigenvalue weighted by Crippen LogP contribution is -2.63. The van der Waals surface area contributed by atoms with E-state index in [1.165, 1.54) is 7.11 Å². The van der Waals surface area contributed by atoms with Gasteiger partial charge >= 0.3 is 5.97 Å². The summed E-state index contributed by atoms with van der Waals surface area (Å²) in [7, 11) is 1.40. The van der Waals surface area contributed by atoms with Gasteiger partial charge < -0.3 is 43.7 Å². The smallest absolute Gasteiger partial charge is 0.311 e. The van der Waals surface area contributed by atoms with E-state index < -0.39 is 52.9 Å². The summed E-state index contributed by atoms with van der Waals surface area (Å²) in [6, 6.07) is 0. The summed E-state index contributed by atoms with van der Waals surface area (Å²) in [5, 5.41) is 34.3. The summed E-state index contributed by atoms with van der Waals surface area (Å²) in [5.74, 6) is -4.78. The van der Waals surface area contributed by atoms with Gasteiger partial charge in [0.25, 0.3) is 0 Å². The topological polar surface area (TPSA) is 150 Å². The van der Waals surface area contributed by atoms with E-state index in [1.807, 2.05) is 41.5 Å². The number of hydrogen-bond acceptors (Lipinski definition) is 11. The molecule has 0 amide bonds. The fourth-order valence-corrected chi connectivity index (χ4v) is 10.6. The lowest BCUT2D eigenvalue weighted by atomic mass is 9.72. The minimum absolute atomic E-state index is 0.0250. The fraction of sp³-hybridized carbons (Fsp3) is 0.907. The van der Waals surface area contributed by atoms with Crippen molar-refractivity contribution >= 4 is 11.8 Å². The molecular weight excluding hydrogens is 692 g/mol. The quantitative estimate of drug-likeness (QED) is 0.152. The van der Waals surface area contributed by atoms with Crippen LogP contribution in [0.25, 0.3) is 0 Å². The second kappa shape index (κ2) is 16.8. The summed E-state index contributed by atoms with van der Waals surface area (Å²) >= 11 is 0. The second-order valence-electron chi connectivity index (χ2n) is 18.1. The van der Waals surface area contributed by atoms with Crippen LogP contribution in [0, 0.1) is 41.4 Å². The zero-order valence-corrected chi connectivity index (χ0v) is 34.9. The van der Waals surface area contributed by atoms with E-state index in [1.54, 1.807) is 19.1 Å². The number of hydrogen-bond donors (Lipinski definition) is 3. The number of carbonyl (C=O) groups excluding carboxylic acids is 2. The number of carbonyl (C=O) groups is 2. The molecule has 18 atom stereocenters. The Morgan fingerprint density at radius 2 is 1.59 bits per heavy atom. The molecule has 0 aromatic carbocycles. The number of ketones is 1. The Hall–Kier alpha value is -1.44. The number of ether oxygens (including phenoxy) is 6. The van der Waals surface area contributed by atoms with Gasteiger partial charge in [-0.05, 0) is 95.6 Å². The zero-order chi connectivity index (χ0) is 40.0. The number of aliphatic hydroxyl groups excluding tert-OH is 2. The van der Waals surface area contributed by atoms with E-state index in [0.717, 1.165) is 19.3 Å². The van der Waals surface area contributed by atoms with Crippen molar-refractivity contribution in [2.24, 2.45) is 41.4 Å². The van der Waals surface area contributed by atoms with Crippen LogP contribution in [-0.4, -0.2) is 99.7 Å². The molecule has 310 valence electrons. The van der Waals surface area contributed by atoms with Crippen LogP contribution in [0.5, 0.6) is 0 Å². The van der Waals surface area contributed by atoms with Crippen LogP contribution in [0.15, 0.2) is 12.2 Å². The largest absolute Gasteiger partial charge is 0.469 e. The Labute approximate surface area is 324 Å². The van der Waals surface area contributed by atoms with E-state index in [-0.39, 0.29) is 65.8 Å². The Balaban J connectivity index is 1.31. The number of aliphatic hydroxyl groups is 3. The molecule has 0 saturated carbocycles. The van der Waals surface area contributed by atoms with Gasteiger partial charge in [-0.25, -0.2) is 0 Å². The predicted octanol–water partition coefficient (Wildman–Crippen LogP) is 6.28. The molecule has 0 aromatic rings. The molecule has 3 N–H and O–H groups in total. The molecule has 5 aliphatic heterocycles. The number of esters is 1. The summed E-state index contributed by atoms with van der Waals surface area (Å²) in [6.07, 6.45) is 6.11. The van der Waals surface area contributed by atoms with Crippen molar-refractivity contribution in [3.63, 3.8) is 0 Å². The normalized spacial score (nSPS) is 45.5. The molecule has 4 fully saturated rings. The average Bonchev–Trinajstić information content (AvgIpc) is 3.50. The molecule has 11 nitrogen and oxygen atoms in total. The lowest BCUT2D eigenvalue weighted by Gasteiger charge is -2.54. The molecular formula is C43H72O11. The minimum atomic E-state index is -1.36. The molecule has 11 heteroatoms. The SMILES string of the molecule is CC[C@@H](C(=O)[C@@H](C)[C@@H](O)[C@H](C)[C@@H]1O[C@@H]([C@@H](CC)C(=O)OC)CC[C@@H]1C)[C@H]1O[C@]2(C=CC(O)C3(CC[C@@](C)([C@H]4CC[C@](O)(CC)[C@H](C)O4)O3)O2)[C@H](C)C[C@@H]1C. The van der Waals surface area contributed by atoms with E-state index in [9.17, 15) is 24.9 Å². The minimum Gasteiger partial charge on any atom is -0.469 e. The molecule has 5 aliphatic rings. The molecule has 0 radical (unpaired) electrons. The summed E-state index contributed by atoms with van der Waals surface area (Å²) < 4.78 is 38.7. The Morgan fingerprint density at radius 1 is 0.907 bits per heavy atom. The first kappa shape index (κ1) is 43.7. The third-order valence-corrected chi connectivity index (χ3v) is 14.6. The Morgan fingerprint density at radius 3 is 2.20 bits per heavy atom. The molecule has 2 unspecified atom stereocenters. The van der Waals surface area contributed by atoms with Crippen LogP contribution >= 0.6 is 0 Å². The first-order valence-corrected chi connectivity index (χ1v) is 21.1. The van der Waals surface area contributed by atoms with Crippen molar-refractivity contribution in [3.05, 3.63) is 12.2 Å².